The van der Waals surface area contributed by atoms with Crippen molar-refractivity contribution in [1.29, 1.82) is 5.26 Å². The second kappa shape index (κ2) is 10.0. The molecule has 0 unspecified atom stereocenters. The first-order valence-electron chi connectivity index (χ1n) is 8.84. The first-order chi connectivity index (χ1) is 14.6. The van der Waals surface area contributed by atoms with Crippen LogP contribution in [0.15, 0.2) is 52.7 Å². The molecule has 3 rings (SSSR count). The summed E-state index contributed by atoms with van der Waals surface area (Å²) in [6, 6.07) is 13.8. The summed E-state index contributed by atoms with van der Waals surface area (Å²) in [4.78, 5) is 27.0. The van der Waals surface area contributed by atoms with E-state index in [1.807, 2.05) is 17.0 Å². The monoisotopic (exact) mass is 424 g/mol. The molecule has 2 aromatic carbocycles. The summed E-state index contributed by atoms with van der Waals surface area (Å²) < 4.78 is 5.41. The predicted molar refractivity (Wildman–Crippen MR) is 111 cm³/mol. The Hall–Kier alpha value is -3.91. The van der Waals surface area contributed by atoms with Crippen molar-refractivity contribution in [2.24, 2.45) is 10.2 Å². The van der Waals surface area contributed by atoms with E-state index in [-0.39, 0.29) is 12.3 Å². The maximum atomic E-state index is 10.9. The number of nitriles is 1. The predicted octanol–water partition coefficient (Wildman–Crippen LogP) is 4.51. The van der Waals surface area contributed by atoms with Crippen molar-refractivity contribution in [2.75, 3.05) is 24.6 Å². The van der Waals surface area contributed by atoms with Crippen LogP contribution in [0.25, 0.3) is 10.2 Å². The zero-order valence-electron chi connectivity index (χ0n) is 15.7. The SMILES string of the molecule is N#CCCN(CCOC=O)c1ccc(N=Nc2nc3ccc([N+](=O)[O-])cc3s2)cc1. The van der Waals surface area contributed by atoms with Crippen LogP contribution in [0.4, 0.5) is 22.2 Å². The Balaban J connectivity index is 1.71. The highest BCUT2D eigenvalue weighted by atomic mass is 32.1. The maximum absolute atomic E-state index is 10.9. The van der Waals surface area contributed by atoms with Gasteiger partial charge in [0.15, 0.2) is 0 Å². The van der Waals surface area contributed by atoms with Gasteiger partial charge in [-0.25, -0.2) is 4.98 Å². The lowest BCUT2D eigenvalue weighted by molar-refractivity contribution is -0.384. The van der Waals surface area contributed by atoms with Gasteiger partial charge in [0.1, 0.15) is 6.61 Å². The van der Waals surface area contributed by atoms with E-state index in [0.29, 0.717) is 47.0 Å². The number of rotatable bonds is 10. The topological polar surface area (TPSA) is 134 Å². The van der Waals surface area contributed by atoms with Gasteiger partial charge in [-0.2, -0.15) is 5.26 Å². The van der Waals surface area contributed by atoms with Crippen LogP contribution in [-0.2, 0) is 9.53 Å². The van der Waals surface area contributed by atoms with E-state index < -0.39 is 4.92 Å². The molecule has 0 aliphatic carbocycles. The average Bonchev–Trinajstić information content (AvgIpc) is 3.17. The van der Waals surface area contributed by atoms with Crippen molar-refractivity contribution in [3.8, 4) is 6.07 Å². The van der Waals surface area contributed by atoms with Gasteiger partial charge in [0.05, 0.1) is 39.9 Å². The van der Waals surface area contributed by atoms with Crippen molar-refractivity contribution >= 4 is 50.2 Å². The third-order valence-corrected chi connectivity index (χ3v) is 4.98. The van der Waals surface area contributed by atoms with E-state index in [4.69, 9.17) is 10.00 Å². The van der Waals surface area contributed by atoms with Crippen LogP contribution in [0.1, 0.15) is 6.42 Å². The Kier molecular flexibility index (Phi) is 6.96. The van der Waals surface area contributed by atoms with Gasteiger partial charge in [0.25, 0.3) is 12.2 Å². The highest BCUT2D eigenvalue weighted by Crippen LogP contribution is 2.32. The number of carbonyl (C=O) groups excluding carboxylic acids is 1. The van der Waals surface area contributed by atoms with Gasteiger partial charge >= 0.3 is 0 Å². The van der Waals surface area contributed by atoms with E-state index in [1.165, 1.54) is 23.5 Å². The second-order valence-electron chi connectivity index (χ2n) is 5.98. The number of ether oxygens (including phenoxy) is 1. The number of benzene rings is 2. The van der Waals surface area contributed by atoms with E-state index >= 15 is 0 Å². The number of hydrogen-bond donors (Lipinski definition) is 0. The third-order valence-electron chi connectivity index (χ3n) is 4.08. The quantitative estimate of drug-likeness (QED) is 0.154. The number of anilines is 1. The molecule has 1 heterocycles. The zero-order valence-corrected chi connectivity index (χ0v) is 16.5. The van der Waals surface area contributed by atoms with Gasteiger partial charge < -0.3 is 9.64 Å². The van der Waals surface area contributed by atoms with E-state index in [9.17, 15) is 14.9 Å². The van der Waals surface area contributed by atoms with Crippen molar-refractivity contribution in [1.82, 2.24) is 4.98 Å². The van der Waals surface area contributed by atoms with Crippen LogP contribution >= 0.6 is 11.3 Å². The van der Waals surface area contributed by atoms with Gasteiger partial charge in [-0.05, 0) is 30.3 Å². The van der Waals surface area contributed by atoms with Gasteiger partial charge in [-0.3, -0.25) is 14.9 Å². The molecule has 0 aliphatic rings. The smallest absolute Gasteiger partial charge is 0.293 e. The number of hydrogen-bond acceptors (Lipinski definition) is 10. The van der Waals surface area contributed by atoms with Crippen molar-refractivity contribution < 1.29 is 14.5 Å². The number of aromatic nitrogens is 1. The van der Waals surface area contributed by atoms with Crippen LogP contribution < -0.4 is 4.90 Å². The molecule has 0 spiro atoms. The second-order valence-corrected chi connectivity index (χ2v) is 6.99. The lowest BCUT2D eigenvalue weighted by atomic mass is 10.2. The summed E-state index contributed by atoms with van der Waals surface area (Å²) >= 11 is 1.22. The minimum Gasteiger partial charge on any atom is -0.466 e. The summed E-state index contributed by atoms with van der Waals surface area (Å²) in [5, 5.41) is 28.4. The van der Waals surface area contributed by atoms with Gasteiger partial charge in [0, 0.05) is 24.4 Å². The molecular formula is C19H16N6O4S. The highest BCUT2D eigenvalue weighted by molar-refractivity contribution is 7.21. The fourth-order valence-electron chi connectivity index (χ4n) is 2.65. The van der Waals surface area contributed by atoms with Crippen molar-refractivity contribution in [3.05, 3.63) is 52.6 Å². The molecule has 3 aromatic rings. The molecule has 0 N–H and O–H groups in total. The number of carbonyl (C=O) groups is 1. The summed E-state index contributed by atoms with van der Waals surface area (Å²) in [7, 11) is 0. The molecule has 0 bridgehead atoms. The summed E-state index contributed by atoms with van der Waals surface area (Å²) in [6.45, 7) is 1.61. The van der Waals surface area contributed by atoms with E-state index in [2.05, 4.69) is 21.3 Å². The molecule has 0 radical (unpaired) electrons. The number of fused-ring (bicyclic) bond motifs is 1. The molecule has 0 saturated carbocycles. The molecule has 0 aliphatic heterocycles. The largest absolute Gasteiger partial charge is 0.466 e. The number of nitro benzene ring substituents is 1. The van der Waals surface area contributed by atoms with Crippen LogP contribution in [0.2, 0.25) is 0 Å². The van der Waals surface area contributed by atoms with Crippen LogP contribution in [-0.4, -0.2) is 36.1 Å². The number of thiazole rings is 1. The van der Waals surface area contributed by atoms with Crippen molar-refractivity contribution in [3.63, 3.8) is 0 Å². The Labute approximate surface area is 175 Å². The highest BCUT2D eigenvalue weighted by Gasteiger charge is 2.10. The number of nitro groups is 1. The Morgan fingerprint density at radius 1 is 1.23 bits per heavy atom. The van der Waals surface area contributed by atoms with Gasteiger partial charge in [-0.15, -0.1) is 10.2 Å². The normalized spacial score (nSPS) is 10.8. The molecule has 30 heavy (non-hydrogen) atoms. The van der Waals surface area contributed by atoms with Crippen LogP contribution in [0.5, 0.6) is 0 Å². The van der Waals surface area contributed by atoms with Crippen LogP contribution in [0.3, 0.4) is 0 Å². The Morgan fingerprint density at radius 2 is 2.03 bits per heavy atom. The first kappa shape index (κ1) is 20.8. The maximum Gasteiger partial charge on any atom is 0.293 e. The van der Waals surface area contributed by atoms with E-state index in [1.54, 1.807) is 18.2 Å². The molecule has 0 atom stereocenters. The summed E-state index contributed by atoms with van der Waals surface area (Å²) in [5.74, 6) is 0. The minimum atomic E-state index is -0.451. The van der Waals surface area contributed by atoms with Gasteiger partial charge in [-0.1, -0.05) is 11.3 Å². The molecule has 0 fully saturated rings. The lowest BCUT2D eigenvalue weighted by Crippen LogP contribution is -2.28. The number of non-ortho nitro benzene ring substituents is 1. The molecule has 0 saturated heterocycles. The summed E-state index contributed by atoms with van der Waals surface area (Å²) in [5.41, 5.74) is 2.10. The zero-order chi connectivity index (χ0) is 21.3. The number of azo groups is 1. The van der Waals surface area contributed by atoms with Crippen LogP contribution in [0, 0.1) is 21.4 Å². The first-order valence-corrected chi connectivity index (χ1v) is 9.66. The number of nitrogens with zero attached hydrogens (tertiary/aromatic N) is 6. The molecule has 11 heteroatoms. The standard InChI is InChI=1S/C19H16N6O4S/c20-8-1-9-24(10-11-29-13-26)15-4-2-14(3-5-15)22-23-19-21-17-7-6-16(25(27)28)12-18(17)30-19/h2-7,12-13H,1,9-11H2. The average molecular weight is 424 g/mol. The lowest BCUT2D eigenvalue weighted by Gasteiger charge is -2.23. The minimum absolute atomic E-state index is 0.00437. The fourth-order valence-corrected chi connectivity index (χ4v) is 3.47. The Morgan fingerprint density at radius 3 is 2.73 bits per heavy atom. The van der Waals surface area contributed by atoms with E-state index in [0.717, 1.165) is 5.69 Å². The van der Waals surface area contributed by atoms with Crippen molar-refractivity contribution in [2.45, 2.75) is 6.42 Å². The third kappa shape index (κ3) is 5.33. The molecule has 10 nitrogen and oxygen atoms in total. The Bertz CT molecular complexity index is 1110. The molecular weight excluding hydrogens is 408 g/mol. The summed E-state index contributed by atoms with van der Waals surface area (Å²) in [6.07, 6.45) is 0.346. The molecule has 1 aromatic heterocycles. The molecule has 152 valence electrons. The van der Waals surface area contributed by atoms with Gasteiger partial charge in [0.2, 0.25) is 5.13 Å². The fraction of sp³-hybridized carbons (Fsp3) is 0.211. The molecule has 0 amide bonds.